The highest BCUT2D eigenvalue weighted by molar-refractivity contribution is 5.75. The molecule has 27 heavy (non-hydrogen) atoms. The van der Waals surface area contributed by atoms with Crippen LogP contribution in [0.5, 0.6) is 0 Å². The third kappa shape index (κ3) is 5.30. The zero-order valence-corrected chi connectivity index (χ0v) is 15.8. The molecule has 0 saturated carbocycles. The van der Waals surface area contributed by atoms with Crippen LogP contribution in [0.3, 0.4) is 0 Å². The van der Waals surface area contributed by atoms with Crippen molar-refractivity contribution in [1.29, 1.82) is 5.26 Å². The van der Waals surface area contributed by atoms with Gasteiger partial charge >= 0.3 is 5.97 Å². The summed E-state index contributed by atoms with van der Waals surface area (Å²) in [5.41, 5.74) is -2.33. The summed E-state index contributed by atoms with van der Waals surface area (Å²) in [4.78, 5) is 12.3. The number of benzene rings is 1. The summed E-state index contributed by atoms with van der Waals surface area (Å²) >= 11 is 0. The van der Waals surface area contributed by atoms with E-state index in [1.54, 1.807) is 20.8 Å². The molecule has 0 fully saturated rings. The fraction of sp³-hybridized carbons (Fsp3) is 0.474. The molecule has 0 spiro atoms. The summed E-state index contributed by atoms with van der Waals surface area (Å²) in [6.45, 7) is 4.96. The average Bonchev–Trinajstić information content (AvgIpc) is 2.60. The molecule has 1 aromatic carbocycles. The fourth-order valence-corrected chi connectivity index (χ4v) is 2.31. The lowest BCUT2D eigenvalue weighted by molar-refractivity contribution is -0.151. The van der Waals surface area contributed by atoms with Crippen molar-refractivity contribution >= 4 is 5.97 Å². The van der Waals surface area contributed by atoms with Gasteiger partial charge in [-0.05, 0) is 12.3 Å². The minimum absolute atomic E-state index is 0.255. The lowest BCUT2D eigenvalue weighted by atomic mass is 9.80. The van der Waals surface area contributed by atoms with E-state index in [0.29, 0.717) is 0 Å². The summed E-state index contributed by atoms with van der Waals surface area (Å²) in [6, 6.07) is 1.87. The number of methoxy groups -OCH3 is 1. The van der Waals surface area contributed by atoms with E-state index in [1.165, 1.54) is 13.0 Å². The van der Waals surface area contributed by atoms with Gasteiger partial charge in [0.1, 0.15) is 6.61 Å². The maximum Gasteiger partial charge on any atom is 0.313 e. The highest BCUT2D eigenvalue weighted by Crippen LogP contribution is 2.30. The average molecular weight is 387 g/mol. The molecule has 1 aromatic rings. The van der Waals surface area contributed by atoms with Gasteiger partial charge in [-0.2, -0.15) is 5.26 Å². The third-order valence-corrected chi connectivity index (χ3v) is 3.87. The second-order valence-electron chi connectivity index (χ2n) is 7.06. The van der Waals surface area contributed by atoms with Crippen LogP contribution in [0.4, 0.5) is 17.6 Å². The van der Waals surface area contributed by atoms with Gasteiger partial charge in [-0.25, -0.2) is 17.6 Å². The first-order valence-electron chi connectivity index (χ1n) is 8.03. The van der Waals surface area contributed by atoms with Crippen LogP contribution in [0.2, 0.25) is 0 Å². The Balaban J connectivity index is 3.17. The minimum Gasteiger partial charge on any atom is -0.460 e. The first-order chi connectivity index (χ1) is 12.4. The Bertz CT molecular complexity index is 763. The second kappa shape index (κ2) is 9.00. The van der Waals surface area contributed by atoms with Crippen molar-refractivity contribution in [1.82, 2.24) is 0 Å². The molecular formula is C19H21F4NO3. The number of halogens is 4. The molecule has 0 radical (unpaired) electrons. The normalized spacial score (nSPS) is 13.3. The largest absolute Gasteiger partial charge is 0.460 e. The lowest BCUT2D eigenvalue weighted by Gasteiger charge is -2.26. The molecule has 0 aromatic heterocycles. The van der Waals surface area contributed by atoms with Gasteiger partial charge in [0, 0.05) is 12.7 Å². The first-order valence-corrected chi connectivity index (χ1v) is 8.03. The number of allylic oxidation sites excluding steroid dienone is 1. The van der Waals surface area contributed by atoms with E-state index < -0.39 is 64.9 Å². The van der Waals surface area contributed by atoms with Crippen LogP contribution >= 0.6 is 0 Å². The molecule has 148 valence electrons. The van der Waals surface area contributed by atoms with Gasteiger partial charge in [0.25, 0.3) is 0 Å². The summed E-state index contributed by atoms with van der Waals surface area (Å²) in [5, 5.41) is 8.88. The van der Waals surface area contributed by atoms with Crippen LogP contribution in [0.15, 0.2) is 11.6 Å². The highest BCUT2D eigenvalue weighted by Gasteiger charge is 2.32. The molecule has 1 unspecified atom stereocenters. The molecule has 0 amide bonds. The monoisotopic (exact) mass is 387 g/mol. The number of carbonyl (C=O) groups excluding carboxylic acids is 1. The maximum atomic E-state index is 14.1. The summed E-state index contributed by atoms with van der Waals surface area (Å²) in [5.74, 6) is -8.28. The number of ether oxygens (including phenoxy) is 2. The molecule has 8 heteroatoms. The standard InChI is InChI=1S/C19H21F4NO3/c1-10(7-24)6-13(19(2,3)4)18(25)27-9-12-16(22)14(20)11(8-26-5)15(21)17(12)23/h6,13H,8-9H2,1-5H3/b10-6+. The number of hydrogen-bond acceptors (Lipinski definition) is 4. The zero-order chi connectivity index (χ0) is 20.9. The fourth-order valence-electron chi connectivity index (χ4n) is 2.31. The van der Waals surface area contributed by atoms with Gasteiger partial charge in [-0.3, -0.25) is 4.79 Å². The number of carbonyl (C=O) groups is 1. The third-order valence-electron chi connectivity index (χ3n) is 3.87. The van der Waals surface area contributed by atoms with Crippen molar-refractivity contribution in [2.45, 2.75) is 40.9 Å². The number of hydrogen-bond donors (Lipinski definition) is 0. The van der Waals surface area contributed by atoms with Crippen molar-refractivity contribution in [2.75, 3.05) is 7.11 Å². The van der Waals surface area contributed by atoms with E-state index >= 15 is 0 Å². The van der Waals surface area contributed by atoms with Crippen molar-refractivity contribution < 1.29 is 31.8 Å². The molecule has 0 N–H and O–H groups in total. The van der Waals surface area contributed by atoms with Gasteiger partial charge in [-0.1, -0.05) is 26.8 Å². The highest BCUT2D eigenvalue weighted by atomic mass is 19.2. The predicted octanol–water partition coefficient (Wildman–Crippen LogP) is 4.56. The zero-order valence-electron chi connectivity index (χ0n) is 15.8. The Hall–Kier alpha value is -2.40. The van der Waals surface area contributed by atoms with E-state index in [0.717, 1.165) is 7.11 Å². The number of rotatable bonds is 6. The molecule has 0 bridgehead atoms. The van der Waals surface area contributed by atoms with Gasteiger partial charge in [0.05, 0.1) is 29.7 Å². The molecule has 0 aliphatic carbocycles. The molecule has 0 aliphatic heterocycles. The van der Waals surface area contributed by atoms with E-state index in [2.05, 4.69) is 4.74 Å². The quantitative estimate of drug-likeness (QED) is 0.311. The summed E-state index contributed by atoms with van der Waals surface area (Å²) < 4.78 is 65.5. The Kier molecular flexibility index (Phi) is 7.55. The second-order valence-corrected chi connectivity index (χ2v) is 7.06. The van der Waals surface area contributed by atoms with Gasteiger partial charge in [-0.15, -0.1) is 0 Å². The predicted molar refractivity (Wildman–Crippen MR) is 89.1 cm³/mol. The smallest absolute Gasteiger partial charge is 0.313 e. The van der Waals surface area contributed by atoms with E-state index in [-0.39, 0.29) is 5.57 Å². The molecule has 0 saturated heterocycles. The Labute approximate surface area is 155 Å². The van der Waals surface area contributed by atoms with Crippen LogP contribution in [-0.4, -0.2) is 13.1 Å². The molecule has 1 atom stereocenters. The van der Waals surface area contributed by atoms with Crippen molar-refractivity contribution in [2.24, 2.45) is 11.3 Å². The minimum atomic E-state index is -1.65. The molecule has 0 aliphatic rings. The van der Waals surface area contributed by atoms with Crippen LogP contribution in [0.25, 0.3) is 0 Å². The van der Waals surface area contributed by atoms with Crippen LogP contribution < -0.4 is 0 Å². The number of nitrogens with zero attached hydrogens (tertiary/aromatic N) is 1. The van der Waals surface area contributed by atoms with Crippen LogP contribution in [0.1, 0.15) is 38.8 Å². The Morgan fingerprint density at radius 2 is 1.52 bits per heavy atom. The van der Waals surface area contributed by atoms with Crippen molar-refractivity contribution in [3.63, 3.8) is 0 Å². The number of nitriles is 1. The van der Waals surface area contributed by atoms with Gasteiger partial charge in [0.15, 0.2) is 23.3 Å². The SMILES string of the molecule is COCc1c(F)c(F)c(COC(=O)C(/C=C(\C)C#N)C(C)(C)C)c(F)c1F. The topological polar surface area (TPSA) is 59.3 Å². The van der Waals surface area contributed by atoms with Gasteiger partial charge in [0.2, 0.25) is 0 Å². The van der Waals surface area contributed by atoms with Gasteiger partial charge < -0.3 is 9.47 Å². The molecular weight excluding hydrogens is 366 g/mol. The number of esters is 1. The molecule has 0 heterocycles. The Morgan fingerprint density at radius 1 is 1.07 bits per heavy atom. The maximum absolute atomic E-state index is 14.1. The van der Waals surface area contributed by atoms with E-state index in [1.807, 2.05) is 6.07 Å². The van der Waals surface area contributed by atoms with E-state index in [4.69, 9.17) is 10.00 Å². The van der Waals surface area contributed by atoms with Crippen LogP contribution in [0, 0.1) is 45.9 Å². The molecule has 4 nitrogen and oxygen atoms in total. The Morgan fingerprint density at radius 3 is 1.89 bits per heavy atom. The lowest BCUT2D eigenvalue weighted by Crippen LogP contribution is -2.29. The van der Waals surface area contributed by atoms with E-state index in [9.17, 15) is 22.4 Å². The van der Waals surface area contributed by atoms with Crippen molar-refractivity contribution in [3.05, 3.63) is 46.0 Å². The van der Waals surface area contributed by atoms with Crippen molar-refractivity contribution in [3.8, 4) is 6.07 Å². The molecule has 1 rings (SSSR count). The summed E-state index contributed by atoms with van der Waals surface area (Å²) in [7, 11) is 1.12. The summed E-state index contributed by atoms with van der Waals surface area (Å²) in [6.07, 6.45) is 1.37. The first kappa shape index (κ1) is 22.6. The van der Waals surface area contributed by atoms with Crippen LogP contribution in [-0.2, 0) is 27.5 Å².